The van der Waals surface area contributed by atoms with E-state index < -0.39 is 11.5 Å². The van der Waals surface area contributed by atoms with Gasteiger partial charge in [0, 0.05) is 11.6 Å². The number of hydrogen-bond donors (Lipinski definition) is 3. The maximum atomic E-state index is 11.7. The van der Waals surface area contributed by atoms with Crippen LogP contribution in [-0.2, 0) is 0 Å². The van der Waals surface area contributed by atoms with Gasteiger partial charge >= 0.3 is 0 Å². The number of benzene rings is 1. The molecule has 0 saturated heterocycles. The highest BCUT2D eigenvalue weighted by Crippen LogP contribution is 2.16. The van der Waals surface area contributed by atoms with E-state index in [1.54, 1.807) is 25.1 Å². The first-order valence-corrected chi connectivity index (χ1v) is 5.76. The number of phenolic OH excluding ortho intramolecular Hbond substituents is 1. The molecule has 1 amide bonds. The lowest BCUT2D eigenvalue weighted by Crippen LogP contribution is -2.22. The number of H-pyrrole nitrogens is 1. The Hall–Kier alpha value is -2.96. The number of nitrogens with zero attached hydrogens (tertiary/aromatic N) is 2. The molecule has 20 heavy (non-hydrogen) atoms. The van der Waals surface area contributed by atoms with Crippen molar-refractivity contribution >= 4 is 11.6 Å². The monoisotopic (exact) mass is 272 g/mol. The first-order valence-electron chi connectivity index (χ1n) is 5.76. The molecule has 1 aromatic heterocycles. The van der Waals surface area contributed by atoms with Gasteiger partial charge in [0.1, 0.15) is 5.75 Å². The molecule has 3 N–H and O–H groups in total. The molecular weight excluding hydrogens is 260 g/mol. The summed E-state index contributed by atoms with van der Waals surface area (Å²) in [6, 6.07) is 9.13. The van der Waals surface area contributed by atoms with E-state index in [-0.39, 0.29) is 11.4 Å². The highest BCUT2D eigenvalue weighted by molar-refractivity contribution is 6.02. The van der Waals surface area contributed by atoms with Crippen molar-refractivity contribution in [3.8, 4) is 5.75 Å². The minimum atomic E-state index is -0.559. The molecular formula is C13H12N4O3. The minimum absolute atomic E-state index is 0.0402. The molecule has 2 rings (SSSR count). The lowest BCUT2D eigenvalue weighted by Gasteiger charge is -2.04. The van der Waals surface area contributed by atoms with Gasteiger partial charge in [0.15, 0.2) is 5.69 Å². The third-order valence-corrected chi connectivity index (χ3v) is 2.53. The molecule has 102 valence electrons. The third-order valence-electron chi connectivity index (χ3n) is 2.53. The molecule has 0 saturated carbocycles. The topological polar surface area (TPSA) is 107 Å². The molecule has 0 spiro atoms. The van der Waals surface area contributed by atoms with Crippen molar-refractivity contribution in [2.24, 2.45) is 5.10 Å². The standard InChI is InChI=1S/C13H12N4O3/c1-8(9-4-2-3-5-11(9)18)14-17-13(20)10-6-7-12(19)16-15-10/h2-7,18H,1H3,(H,16,19)(H,17,20)/b14-8+. The van der Waals surface area contributed by atoms with Crippen LogP contribution in [0.3, 0.4) is 0 Å². The Balaban J connectivity index is 2.13. The summed E-state index contributed by atoms with van der Waals surface area (Å²) in [4.78, 5) is 22.5. The van der Waals surface area contributed by atoms with Crippen LogP contribution >= 0.6 is 0 Å². The molecule has 7 heteroatoms. The number of hydrogen-bond acceptors (Lipinski definition) is 5. The van der Waals surface area contributed by atoms with E-state index in [0.29, 0.717) is 11.3 Å². The SMILES string of the molecule is C/C(=N\NC(=O)c1ccc(=O)[nH]n1)c1ccccc1O. The predicted molar refractivity (Wildman–Crippen MR) is 72.6 cm³/mol. The molecule has 1 heterocycles. The first kappa shape index (κ1) is 13.5. The van der Waals surface area contributed by atoms with E-state index in [2.05, 4.69) is 20.7 Å². The summed E-state index contributed by atoms with van der Waals surface area (Å²) >= 11 is 0. The molecule has 0 fully saturated rings. The molecule has 2 aromatic rings. The fourth-order valence-electron chi connectivity index (χ4n) is 1.50. The quantitative estimate of drug-likeness (QED) is 0.562. The summed E-state index contributed by atoms with van der Waals surface area (Å²) in [5.41, 5.74) is 2.91. The lowest BCUT2D eigenvalue weighted by molar-refractivity contribution is 0.0948. The number of rotatable bonds is 3. The smallest absolute Gasteiger partial charge is 0.291 e. The van der Waals surface area contributed by atoms with Gasteiger partial charge in [-0.3, -0.25) is 9.59 Å². The van der Waals surface area contributed by atoms with Gasteiger partial charge in [-0.15, -0.1) is 0 Å². The van der Waals surface area contributed by atoms with Crippen LogP contribution in [0.25, 0.3) is 0 Å². The molecule has 0 unspecified atom stereocenters. The maximum Gasteiger partial charge on any atom is 0.291 e. The van der Waals surface area contributed by atoms with Gasteiger partial charge in [-0.1, -0.05) is 12.1 Å². The molecule has 0 atom stereocenters. The highest BCUT2D eigenvalue weighted by Gasteiger charge is 2.07. The lowest BCUT2D eigenvalue weighted by atomic mass is 10.1. The van der Waals surface area contributed by atoms with E-state index in [1.807, 2.05) is 0 Å². The van der Waals surface area contributed by atoms with Crippen LogP contribution in [0.4, 0.5) is 0 Å². The van der Waals surface area contributed by atoms with Crippen LogP contribution in [0.5, 0.6) is 5.75 Å². The molecule has 0 aliphatic carbocycles. The Morgan fingerprint density at radius 2 is 2.05 bits per heavy atom. The average molecular weight is 272 g/mol. The largest absolute Gasteiger partial charge is 0.507 e. The van der Waals surface area contributed by atoms with Crippen LogP contribution in [0.1, 0.15) is 23.0 Å². The van der Waals surface area contributed by atoms with E-state index >= 15 is 0 Å². The maximum absolute atomic E-state index is 11.7. The van der Waals surface area contributed by atoms with Crippen LogP contribution in [-0.4, -0.2) is 26.9 Å². The molecule has 1 aromatic carbocycles. The summed E-state index contributed by atoms with van der Waals surface area (Å²) in [7, 11) is 0. The number of hydrazone groups is 1. The Morgan fingerprint density at radius 1 is 1.30 bits per heavy atom. The second-order valence-corrected chi connectivity index (χ2v) is 3.96. The summed E-state index contributed by atoms with van der Waals surface area (Å²) in [6.07, 6.45) is 0. The first-order chi connectivity index (χ1) is 9.58. The number of para-hydroxylation sites is 1. The summed E-state index contributed by atoms with van der Waals surface area (Å²) in [5.74, 6) is -0.485. The molecule has 0 bridgehead atoms. The van der Waals surface area contributed by atoms with Crippen molar-refractivity contribution in [3.63, 3.8) is 0 Å². The minimum Gasteiger partial charge on any atom is -0.507 e. The van der Waals surface area contributed by atoms with Crippen LogP contribution < -0.4 is 11.0 Å². The second-order valence-electron chi connectivity index (χ2n) is 3.96. The van der Waals surface area contributed by atoms with E-state index in [1.165, 1.54) is 18.2 Å². The van der Waals surface area contributed by atoms with Crippen LogP contribution in [0, 0.1) is 0 Å². The number of aromatic nitrogens is 2. The fraction of sp³-hybridized carbons (Fsp3) is 0.0769. The Morgan fingerprint density at radius 3 is 2.70 bits per heavy atom. The van der Waals surface area contributed by atoms with Crippen molar-refractivity contribution in [3.05, 3.63) is 58.0 Å². The zero-order valence-corrected chi connectivity index (χ0v) is 10.6. The predicted octanol–water partition coefficient (Wildman–Crippen LogP) is 0.629. The van der Waals surface area contributed by atoms with Gasteiger partial charge in [-0.05, 0) is 25.1 Å². The van der Waals surface area contributed by atoms with Gasteiger partial charge in [-0.25, -0.2) is 10.5 Å². The van der Waals surface area contributed by atoms with Crippen molar-refractivity contribution in [2.45, 2.75) is 6.92 Å². The number of amides is 1. The highest BCUT2D eigenvalue weighted by atomic mass is 16.3. The van der Waals surface area contributed by atoms with Gasteiger partial charge in [-0.2, -0.15) is 10.2 Å². The molecule has 0 aliphatic heterocycles. The number of nitrogens with one attached hydrogen (secondary N) is 2. The van der Waals surface area contributed by atoms with E-state index in [4.69, 9.17) is 0 Å². The number of aromatic amines is 1. The number of aromatic hydroxyl groups is 1. The number of carbonyl (C=O) groups excluding carboxylic acids is 1. The summed E-state index contributed by atoms with van der Waals surface area (Å²) in [6.45, 7) is 1.65. The van der Waals surface area contributed by atoms with E-state index in [0.717, 1.165) is 0 Å². The van der Waals surface area contributed by atoms with Crippen molar-refractivity contribution < 1.29 is 9.90 Å². The van der Waals surface area contributed by atoms with Crippen molar-refractivity contribution in [1.82, 2.24) is 15.6 Å². The number of phenols is 1. The zero-order valence-electron chi connectivity index (χ0n) is 10.6. The van der Waals surface area contributed by atoms with Crippen molar-refractivity contribution in [1.29, 1.82) is 0 Å². The Kier molecular flexibility index (Phi) is 3.90. The summed E-state index contributed by atoms with van der Waals surface area (Å²) < 4.78 is 0. The van der Waals surface area contributed by atoms with Crippen molar-refractivity contribution in [2.75, 3.05) is 0 Å². The van der Waals surface area contributed by atoms with Gasteiger partial charge in [0.2, 0.25) is 0 Å². The molecule has 7 nitrogen and oxygen atoms in total. The second kappa shape index (κ2) is 5.79. The van der Waals surface area contributed by atoms with Crippen LogP contribution in [0.15, 0.2) is 46.3 Å². The van der Waals surface area contributed by atoms with Gasteiger partial charge < -0.3 is 5.11 Å². The Bertz CT molecular complexity index is 701. The van der Waals surface area contributed by atoms with E-state index in [9.17, 15) is 14.7 Å². The molecule has 0 aliphatic rings. The Labute approximate surface area is 114 Å². The summed E-state index contributed by atoms with van der Waals surface area (Å²) in [5, 5.41) is 19.3. The van der Waals surface area contributed by atoms with Gasteiger partial charge in [0.05, 0.1) is 5.71 Å². The average Bonchev–Trinajstić information content (AvgIpc) is 2.45. The normalized spacial score (nSPS) is 11.2. The third kappa shape index (κ3) is 3.08. The van der Waals surface area contributed by atoms with Crippen LogP contribution in [0.2, 0.25) is 0 Å². The fourth-order valence-corrected chi connectivity index (χ4v) is 1.50. The molecule has 0 radical (unpaired) electrons. The zero-order chi connectivity index (χ0) is 14.5. The number of carbonyl (C=O) groups is 1. The van der Waals surface area contributed by atoms with Gasteiger partial charge in [0.25, 0.3) is 11.5 Å².